The van der Waals surface area contributed by atoms with E-state index in [4.69, 9.17) is 0 Å². The quantitative estimate of drug-likeness (QED) is 0.319. The summed E-state index contributed by atoms with van der Waals surface area (Å²) in [6.07, 6.45) is -3.58. The Morgan fingerprint density at radius 3 is 2.35 bits per heavy atom. The van der Waals surface area contributed by atoms with Crippen LogP contribution < -0.4 is 16.0 Å². The van der Waals surface area contributed by atoms with Crippen LogP contribution in [-0.4, -0.2) is 47.8 Å². The fourth-order valence-corrected chi connectivity index (χ4v) is 2.92. The fourth-order valence-electron chi connectivity index (χ4n) is 2.92. The van der Waals surface area contributed by atoms with Gasteiger partial charge < -0.3 is 16.0 Å². The van der Waals surface area contributed by atoms with E-state index in [2.05, 4.69) is 26.0 Å². The summed E-state index contributed by atoms with van der Waals surface area (Å²) in [5.41, 5.74) is 1.51. The standard InChI is InChI=1S/C21H29F3N6O/c1-4-25-20(27-10-5-13-30-16(3)14-15(2)29-30)28-12-11-26-19(31)17-6-8-18(9-7-17)21(22,23)24/h6-9,14H,4-5,10-13H2,1-3H3,(H,26,31)(H2,25,27,28). The smallest absolute Gasteiger partial charge is 0.357 e. The summed E-state index contributed by atoms with van der Waals surface area (Å²) < 4.78 is 39.7. The molecular weight excluding hydrogens is 409 g/mol. The molecule has 31 heavy (non-hydrogen) atoms. The van der Waals surface area contributed by atoms with Gasteiger partial charge in [0, 0.05) is 44.0 Å². The Morgan fingerprint density at radius 1 is 1.10 bits per heavy atom. The van der Waals surface area contributed by atoms with Gasteiger partial charge in [0.2, 0.25) is 0 Å². The molecule has 0 fully saturated rings. The van der Waals surface area contributed by atoms with Gasteiger partial charge in [0.1, 0.15) is 0 Å². The number of carbonyl (C=O) groups is 1. The number of hydrogen-bond donors (Lipinski definition) is 3. The summed E-state index contributed by atoms with van der Waals surface area (Å²) in [7, 11) is 0. The molecule has 0 aliphatic heterocycles. The molecule has 2 aromatic rings. The first kappa shape index (κ1) is 24.2. The predicted octanol–water partition coefficient (Wildman–Crippen LogP) is 2.89. The number of aromatic nitrogens is 2. The van der Waals surface area contributed by atoms with Gasteiger partial charge in [-0.1, -0.05) is 0 Å². The lowest BCUT2D eigenvalue weighted by Crippen LogP contribution is -2.41. The summed E-state index contributed by atoms with van der Waals surface area (Å²) in [4.78, 5) is 16.6. The molecular formula is C21H29F3N6O. The largest absolute Gasteiger partial charge is 0.416 e. The van der Waals surface area contributed by atoms with Gasteiger partial charge in [-0.05, 0) is 57.5 Å². The second-order valence-corrected chi connectivity index (χ2v) is 7.02. The molecule has 2 rings (SSSR count). The normalized spacial score (nSPS) is 12.0. The highest BCUT2D eigenvalue weighted by molar-refractivity contribution is 5.94. The fraction of sp³-hybridized carbons (Fsp3) is 0.476. The summed E-state index contributed by atoms with van der Waals surface area (Å²) in [6, 6.07) is 6.16. The molecule has 170 valence electrons. The minimum atomic E-state index is -4.42. The molecule has 0 aliphatic rings. The van der Waals surface area contributed by atoms with Crippen molar-refractivity contribution in [3.63, 3.8) is 0 Å². The van der Waals surface area contributed by atoms with E-state index in [1.807, 2.05) is 31.5 Å². The average Bonchev–Trinajstić information content (AvgIpc) is 3.04. The predicted molar refractivity (Wildman–Crippen MR) is 114 cm³/mol. The van der Waals surface area contributed by atoms with Crippen LogP contribution in [0.5, 0.6) is 0 Å². The van der Waals surface area contributed by atoms with Crippen molar-refractivity contribution in [2.75, 3.05) is 26.2 Å². The average molecular weight is 438 g/mol. The molecule has 1 amide bonds. The van der Waals surface area contributed by atoms with Crippen molar-refractivity contribution in [2.45, 2.75) is 39.9 Å². The number of hydrogen-bond acceptors (Lipinski definition) is 3. The van der Waals surface area contributed by atoms with E-state index in [1.54, 1.807) is 0 Å². The van der Waals surface area contributed by atoms with Gasteiger partial charge >= 0.3 is 6.18 Å². The van der Waals surface area contributed by atoms with Gasteiger partial charge in [-0.25, -0.2) is 0 Å². The lowest BCUT2D eigenvalue weighted by molar-refractivity contribution is -0.137. The molecule has 0 unspecified atom stereocenters. The minimum Gasteiger partial charge on any atom is -0.357 e. The highest BCUT2D eigenvalue weighted by atomic mass is 19.4. The zero-order chi connectivity index (χ0) is 22.9. The number of benzene rings is 1. The topological polar surface area (TPSA) is 83.3 Å². The maximum Gasteiger partial charge on any atom is 0.416 e. The van der Waals surface area contributed by atoms with Crippen molar-refractivity contribution < 1.29 is 18.0 Å². The van der Waals surface area contributed by atoms with Crippen LogP contribution in [0.15, 0.2) is 35.3 Å². The second-order valence-electron chi connectivity index (χ2n) is 7.02. The third-order valence-electron chi connectivity index (χ3n) is 4.42. The molecule has 0 saturated carbocycles. The zero-order valence-corrected chi connectivity index (χ0v) is 18.0. The number of alkyl halides is 3. The van der Waals surface area contributed by atoms with Crippen molar-refractivity contribution in [1.29, 1.82) is 0 Å². The number of carbonyl (C=O) groups excluding carboxylic acids is 1. The molecule has 0 saturated heterocycles. The van der Waals surface area contributed by atoms with E-state index < -0.39 is 17.6 Å². The van der Waals surface area contributed by atoms with Crippen LogP contribution in [0.2, 0.25) is 0 Å². The van der Waals surface area contributed by atoms with Crippen LogP contribution in [0.3, 0.4) is 0 Å². The first-order chi connectivity index (χ1) is 14.7. The minimum absolute atomic E-state index is 0.178. The molecule has 0 radical (unpaired) electrons. The number of halogens is 3. The van der Waals surface area contributed by atoms with Crippen LogP contribution in [0, 0.1) is 13.8 Å². The van der Waals surface area contributed by atoms with Crippen molar-refractivity contribution in [1.82, 2.24) is 25.7 Å². The summed E-state index contributed by atoms with van der Waals surface area (Å²) >= 11 is 0. The maximum absolute atomic E-state index is 12.6. The number of guanidine groups is 1. The van der Waals surface area contributed by atoms with Gasteiger partial charge in [0.05, 0.1) is 11.3 Å². The molecule has 1 aromatic carbocycles. The molecule has 0 bridgehead atoms. The Bertz CT molecular complexity index is 874. The third kappa shape index (κ3) is 7.95. The SMILES string of the molecule is CCNC(=NCCCn1nc(C)cc1C)NCCNC(=O)c1ccc(C(F)(F)F)cc1. The maximum atomic E-state index is 12.6. The van der Waals surface area contributed by atoms with E-state index in [9.17, 15) is 18.0 Å². The molecule has 3 N–H and O–H groups in total. The molecule has 1 aromatic heterocycles. The molecule has 1 heterocycles. The Kier molecular flexibility index (Phi) is 8.89. The number of nitrogens with zero attached hydrogens (tertiary/aromatic N) is 3. The Hall–Kier alpha value is -3.04. The third-order valence-corrected chi connectivity index (χ3v) is 4.42. The van der Waals surface area contributed by atoms with Crippen molar-refractivity contribution in [2.24, 2.45) is 4.99 Å². The second kappa shape index (κ2) is 11.4. The molecule has 0 atom stereocenters. The highest BCUT2D eigenvalue weighted by Crippen LogP contribution is 2.29. The van der Waals surface area contributed by atoms with Crippen LogP contribution in [0.1, 0.15) is 40.7 Å². The van der Waals surface area contributed by atoms with E-state index >= 15 is 0 Å². The van der Waals surface area contributed by atoms with E-state index in [-0.39, 0.29) is 5.56 Å². The first-order valence-electron chi connectivity index (χ1n) is 10.2. The highest BCUT2D eigenvalue weighted by Gasteiger charge is 2.30. The van der Waals surface area contributed by atoms with Crippen molar-refractivity contribution in [3.05, 3.63) is 52.8 Å². The Morgan fingerprint density at radius 2 is 1.77 bits per heavy atom. The summed E-state index contributed by atoms with van der Waals surface area (Å²) in [5.74, 6) is 0.210. The van der Waals surface area contributed by atoms with E-state index in [0.717, 1.165) is 36.5 Å². The summed E-state index contributed by atoms with van der Waals surface area (Å²) in [5, 5.41) is 13.4. The van der Waals surface area contributed by atoms with Crippen molar-refractivity contribution in [3.8, 4) is 0 Å². The molecule has 10 heteroatoms. The molecule has 0 spiro atoms. The van der Waals surface area contributed by atoms with Crippen molar-refractivity contribution >= 4 is 11.9 Å². The van der Waals surface area contributed by atoms with Crippen LogP contribution >= 0.6 is 0 Å². The van der Waals surface area contributed by atoms with E-state index in [1.165, 1.54) is 12.1 Å². The van der Waals surface area contributed by atoms with Gasteiger partial charge in [0.15, 0.2) is 5.96 Å². The number of aliphatic imine (C=N–C) groups is 1. The van der Waals surface area contributed by atoms with Crippen LogP contribution in [0.25, 0.3) is 0 Å². The number of aryl methyl sites for hydroxylation is 3. The summed E-state index contributed by atoms with van der Waals surface area (Å²) in [6.45, 7) is 8.77. The lowest BCUT2D eigenvalue weighted by Gasteiger charge is -2.12. The van der Waals surface area contributed by atoms with Gasteiger partial charge in [0.25, 0.3) is 5.91 Å². The Balaban J connectivity index is 1.74. The lowest BCUT2D eigenvalue weighted by atomic mass is 10.1. The van der Waals surface area contributed by atoms with Gasteiger partial charge in [-0.15, -0.1) is 0 Å². The Labute approximate surface area is 180 Å². The monoisotopic (exact) mass is 438 g/mol. The number of nitrogens with one attached hydrogen (secondary N) is 3. The molecule has 7 nitrogen and oxygen atoms in total. The van der Waals surface area contributed by atoms with Crippen LogP contribution in [0.4, 0.5) is 13.2 Å². The van der Waals surface area contributed by atoms with Crippen LogP contribution in [-0.2, 0) is 12.7 Å². The molecule has 0 aliphatic carbocycles. The zero-order valence-electron chi connectivity index (χ0n) is 18.0. The van der Waals surface area contributed by atoms with Gasteiger partial charge in [-0.3, -0.25) is 14.5 Å². The van der Waals surface area contributed by atoms with Gasteiger partial charge in [-0.2, -0.15) is 18.3 Å². The number of rotatable bonds is 9. The first-order valence-corrected chi connectivity index (χ1v) is 10.2. The number of amides is 1. The van der Waals surface area contributed by atoms with E-state index in [0.29, 0.717) is 32.1 Å².